The van der Waals surface area contributed by atoms with Gasteiger partial charge in [0.25, 0.3) is 5.91 Å². The third-order valence-corrected chi connectivity index (χ3v) is 4.85. The first-order valence-corrected chi connectivity index (χ1v) is 8.56. The number of nitrogens with one attached hydrogen (secondary N) is 2. The van der Waals surface area contributed by atoms with E-state index in [2.05, 4.69) is 30.4 Å². The molecule has 1 aliphatic heterocycles. The fraction of sp³-hybridized carbons (Fsp3) is 0.222. The average Bonchev–Trinajstić information content (AvgIpc) is 3.40. The Morgan fingerprint density at radius 1 is 1.31 bits per heavy atom. The fourth-order valence-corrected chi connectivity index (χ4v) is 3.56. The molecular formula is C18H17N7O. The number of fused-ring (bicyclic) bond motifs is 2. The van der Waals surface area contributed by atoms with E-state index in [1.54, 1.807) is 18.7 Å². The summed E-state index contributed by atoms with van der Waals surface area (Å²) in [6.45, 7) is 1.52. The maximum Gasteiger partial charge on any atom is 0.253 e. The molecular weight excluding hydrogens is 330 g/mol. The number of aromatic nitrogens is 5. The molecule has 0 bridgehead atoms. The van der Waals surface area contributed by atoms with Crippen LogP contribution in [0, 0.1) is 0 Å². The van der Waals surface area contributed by atoms with Crippen LogP contribution in [0.4, 0.5) is 5.82 Å². The number of hydrogen-bond donors (Lipinski definition) is 2. The fourth-order valence-electron chi connectivity index (χ4n) is 3.56. The smallest absolute Gasteiger partial charge is 0.253 e. The maximum atomic E-state index is 12.7. The normalized spacial score (nSPS) is 17.2. The zero-order valence-corrected chi connectivity index (χ0v) is 14.0. The van der Waals surface area contributed by atoms with Crippen LogP contribution in [0.1, 0.15) is 16.8 Å². The molecule has 4 aromatic rings. The highest BCUT2D eigenvalue weighted by molar-refractivity contribution is 6.06. The van der Waals surface area contributed by atoms with Crippen LogP contribution < -0.4 is 10.2 Å². The highest BCUT2D eigenvalue weighted by Gasteiger charge is 2.27. The number of anilines is 1. The van der Waals surface area contributed by atoms with Gasteiger partial charge < -0.3 is 15.2 Å². The Bertz CT molecular complexity index is 1100. The van der Waals surface area contributed by atoms with E-state index in [4.69, 9.17) is 0 Å². The summed E-state index contributed by atoms with van der Waals surface area (Å²) in [7, 11) is 0. The van der Waals surface area contributed by atoms with Gasteiger partial charge in [0.15, 0.2) is 5.82 Å². The van der Waals surface area contributed by atoms with E-state index in [9.17, 15) is 4.79 Å². The van der Waals surface area contributed by atoms with E-state index in [0.29, 0.717) is 12.1 Å². The highest BCUT2D eigenvalue weighted by atomic mass is 16.1. The lowest BCUT2D eigenvalue weighted by Gasteiger charge is -2.18. The van der Waals surface area contributed by atoms with Crippen LogP contribution in [-0.4, -0.2) is 49.6 Å². The molecule has 0 unspecified atom stereocenters. The SMILES string of the molecule is O=C(N[C@H]1CCN(c2nccn3cnnc23)C1)c1c[nH]c2ccccc12. The Kier molecular flexibility index (Phi) is 3.34. The zero-order chi connectivity index (χ0) is 17.5. The number of H-pyrrole nitrogens is 1. The van der Waals surface area contributed by atoms with Crippen LogP contribution >= 0.6 is 0 Å². The number of carbonyl (C=O) groups excluding carboxylic acids is 1. The zero-order valence-electron chi connectivity index (χ0n) is 14.0. The van der Waals surface area contributed by atoms with Gasteiger partial charge in [-0.3, -0.25) is 9.20 Å². The van der Waals surface area contributed by atoms with Crippen molar-refractivity contribution < 1.29 is 4.79 Å². The second kappa shape index (κ2) is 5.83. The van der Waals surface area contributed by atoms with Crippen LogP contribution in [0.5, 0.6) is 0 Å². The van der Waals surface area contributed by atoms with Crippen molar-refractivity contribution in [2.45, 2.75) is 12.5 Å². The van der Waals surface area contributed by atoms with Crippen molar-refractivity contribution in [2.24, 2.45) is 0 Å². The molecule has 0 radical (unpaired) electrons. The van der Waals surface area contributed by atoms with Gasteiger partial charge in [-0.05, 0) is 12.5 Å². The van der Waals surface area contributed by atoms with Crippen molar-refractivity contribution >= 4 is 28.3 Å². The second-order valence-electron chi connectivity index (χ2n) is 6.47. The van der Waals surface area contributed by atoms with E-state index in [1.165, 1.54) is 0 Å². The lowest BCUT2D eigenvalue weighted by molar-refractivity contribution is 0.0942. The number of amides is 1. The predicted molar refractivity (Wildman–Crippen MR) is 97.2 cm³/mol. The molecule has 0 saturated carbocycles. The van der Waals surface area contributed by atoms with E-state index in [1.807, 2.05) is 34.9 Å². The first kappa shape index (κ1) is 14.9. The molecule has 130 valence electrons. The third kappa shape index (κ3) is 2.38. The Morgan fingerprint density at radius 3 is 3.19 bits per heavy atom. The Balaban J connectivity index is 1.33. The van der Waals surface area contributed by atoms with Gasteiger partial charge in [-0.2, -0.15) is 0 Å². The van der Waals surface area contributed by atoms with Crippen molar-refractivity contribution in [3.8, 4) is 0 Å². The van der Waals surface area contributed by atoms with Crippen molar-refractivity contribution in [3.63, 3.8) is 0 Å². The van der Waals surface area contributed by atoms with Gasteiger partial charge in [0, 0.05) is 48.6 Å². The minimum Gasteiger partial charge on any atom is -0.360 e. The molecule has 1 saturated heterocycles. The van der Waals surface area contributed by atoms with Crippen LogP contribution in [0.2, 0.25) is 0 Å². The summed E-state index contributed by atoms with van der Waals surface area (Å²) >= 11 is 0. The molecule has 1 aliphatic rings. The van der Waals surface area contributed by atoms with Gasteiger partial charge in [-0.1, -0.05) is 18.2 Å². The summed E-state index contributed by atoms with van der Waals surface area (Å²) in [5, 5.41) is 12.2. The van der Waals surface area contributed by atoms with Crippen LogP contribution in [0.3, 0.4) is 0 Å². The van der Waals surface area contributed by atoms with Crippen LogP contribution in [0.25, 0.3) is 16.6 Å². The number of nitrogens with zero attached hydrogens (tertiary/aromatic N) is 5. The number of aromatic amines is 1. The van der Waals surface area contributed by atoms with E-state index < -0.39 is 0 Å². The van der Waals surface area contributed by atoms with Gasteiger partial charge in [-0.25, -0.2) is 4.98 Å². The Morgan fingerprint density at radius 2 is 2.23 bits per heavy atom. The summed E-state index contributed by atoms with van der Waals surface area (Å²) in [6.07, 6.45) is 7.86. The molecule has 1 atom stereocenters. The average molecular weight is 347 g/mol. The number of carbonyl (C=O) groups is 1. The molecule has 1 fully saturated rings. The molecule has 5 rings (SSSR count). The molecule has 8 heteroatoms. The topological polar surface area (TPSA) is 91.2 Å². The third-order valence-electron chi connectivity index (χ3n) is 4.85. The highest BCUT2D eigenvalue weighted by Crippen LogP contribution is 2.22. The van der Waals surface area contributed by atoms with Crippen LogP contribution in [0.15, 0.2) is 49.2 Å². The van der Waals surface area contributed by atoms with E-state index in [0.717, 1.165) is 35.3 Å². The molecule has 3 aromatic heterocycles. The molecule has 4 heterocycles. The van der Waals surface area contributed by atoms with E-state index in [-0.39, 0.29) is 11.9 Å². The van der Waals surface area contributed by atoms with Gasteiger partial charge in [0.1, 0.15) is 6.33 Å². The quantitative estimate of drug-likeness (QED) is 0.588. The van der Waals surface area contributed by atoms with Gasteiger partial charge in [-0.15, -0.1) is 10.2 Å². The minimum atomic E-state index is -0.0528. The second-order valence-corrected chi connectivity index (χ2v) is 6.47. The number of rotatable bonds is 3. The molecule has 0 aliphatic carbocycles. The summed E-state index contributed by atoms with van der Waals surface area (Å²) < 4.78 is 1.85. The Labute approximate surface area is 148 Å². The molecule has 0 spiro atoms. The van der Waals surface area contributed by atoms with Crippen molar-refractivity contribution in [1.29, 1.82) is 0 Å². The molecule has 26 heavy (non-hydrogen) atoms. The lowest BCUT2D eigenvalue weighted by atomic mass is 10.1. The standard InChI is InChI=1S/C18H17N7O/c26-18(14-9-20-15-4-2-1-3-13(14)15)22-12-5-7-24(10-12)16-17-23-21-11-25(17)8-6-19-16/h1-4,6,8-9,11-12,20H,5,7,10H2,(H,22,26)/t12-/m0/s1. The summed E-state index contributed by atoms with van der Waals surface area (Å²) in [6, 6.07) is 7.88. The predicted octanol–water partition coefficient (Wildman–Crippen LogP) is 1.61. The molecule has 1 aromatic carbocycles. The van der Waals surface area contributed by atoms with Crippen LogP contribution in [-0.2, 0) is 0 Å². The van der Waals surface area contributed by atoms with Gasteiger partial charge in [0.2, 0.25) is 5.65 Å². The first-order chi connectivity index (χ1) is 12.8. The Hall–Kier alpha value is -3.42. The van der Waals surface area contributed by atoms with Gasteiger partial charge in [0.05, 0.1) is 5.56 Å². The summed E-state index contributed by atoms with van der Waals surface area (Å²) in [5.41, 5.74) is 2.38. The monoisotopic (exact) mass is 347 g/mol. The summed E-state index contributed by atoms with van der Waals surface area (Å²) in [5.74, 6) is 0.747. The summed E-state index contributed by atoms with van der Waals surface area (Å²) in [4.78, 5) is 22.4. The van der Waals surface area contributed by atoms with Gasteiger partial charge >= 0.3 is 0 Å². The number of hydrogen-bond acceptors (Lipinski definition) is 5. The number of para-hydroxylation sites is 1. The first-order valence-electron chi connectivity index (χ1n) is 8.56. The van der Waals surface area contributed by atoms with Crippen molar-refractivity contribution in [2.75, 3.05) is 18.0 Å². The molecule has 1 amide bonds. The molecule has 8 nitrogen and oxygen atoms in total. The molecule has 2 N–H and O–H groups in total. The van der Waals surface area contributed by atoms with Crippen molar-refractivity contribution in [1.82, 2.24) is 29.9 Å². The van der Waals surface area contributed by atoms with E-state index >= 15 is 0 Å². The minimum absolute atomic E-state index is 0.0528. The maximum absolute atomic E-state index is 12.7. The number of benzene rings is 1. The lowest BCUT2D eigenvalue weighted by Crippen LogP contribution is -2.37. The largest absolute Gasteiger partial charge is 0.360 e. The van der Waals surface area contributed by atoms with Crippen molar-refractivity contribution in [3.05, 3.63) is 54.7 Å².